The highest BCUT2D eigenvalue weighted by molar-refractivity contribution is 9.10. The van der Waals surface area contributed by atoms with Gasteiger partial charge in [0.2, 0.25) is 0 Å². The summed E-state index contributed by atoms with van der Waals surface area (Å²) in [6.07, 6.45) is -0.526. The fourth-order valence-electron chi connectivity index (χ4n) is 1.97. The zero-order valence-corrected chi connectivity index (χ0v) is 14.3. The van der Waals surface area contributed by atoms with Gasteiger partial charge >= 0.3 is 6.09 Å². The van der Waals surface area contributed by atoms with Crippen molar-refractivity contribution in [1.82, 2.24) is 0 Å². The minimum atomic E-state index is -0.526. The third-order valence-corrected chi connectivity index (χ3v) is 4.53. The number of carbonyl (C=O) groups is 1. The molecule has 0 aliphatic rings. The van der Waals surface area contributed by atoms with Crippen molar-refractivity contribution in [1.29, 1.82) is 0 Å². The molecule has 0 radical (unpaired) electrons. The number of anilines is 1. The molecule has 0 heterocycles. The first-order valence-corrected chi connectivity index (χ1v) is 7.55. The van der Waals surface area contributed by atoms with E-state index >= 15 is 0 Å². The highest BCUT2D eigenvalue weighted by atomic mass is 79.9. The van der Waals surface area contributed by atoms with E-state index in [1.54, 1.807) is 18.2 Å². The molecule has 21 heavy (non-hydrogen) atoms. The van der Waals surface area contributed by atoms with E-state index in [-0.39, 0.29) is 0 Å². The van der Waals surface area contributed by atoms with Crippen LogP contribution in [-0.2, 0) is 0 Å². The van der Waals surface area contributed by atoms with Crippen LogP contribution in [0.2, 0.25) is 5.02 Å². The number of benzene rings is 2. The Morgan fingerprint density at radius 3 is 2.29 bits per heavy atom. The highest BCUT2D eigenvalue weighted by Gasteiger charge is 2.09. The molecule has 0 aliphatic carbocycles. The Balaban J connectivity index is 2.12. The lowest BCUT2D eigenvalue weighted by Gasteiger charge is -2.11. The van der Waals surface area contributed by atoms with E-state index < -0.39 is 6.09 Å². The summed E-state index contributed by atoms with van der Waals surface area (Å²) in [4.78, 5) is 11.9. The van der Waals surface area contributed by atoms with Crippen molar-refractivity contribution >= 4 is 39.3 Å². The minimum absolute atomic E-state index is 0.511. The van der Waals surface area contributed by atoms with Gasteiger partial charge in [0.25, 0.3) is 0 Å². The van der Waals surface area contributed by atoms with Gasteiger partial charge in [0.1, 0.15) is 5.75 Å². The molecular formula is C16H15BrClNO2. The number of aryl methyl sites for hydroxylation is 3. The van der Waals surface area contributed by atoms with Crippen molar-refractivity contribution in [3.05, 3.63) is 56.5 Å². The number of nitrogens with one attached hydrogen (secondary N) is 1. The molecule has 0 aromatic heterocycles. The SMILES string of the molecule is Cc1cc(Cl)ccc1NC(=O)Oc1cc(C)c(Br)c(C)c1. The number of carbonyl (C=O) groups excluding carboxylic acids is 1. The van der Waals surface area contributed by atoms with Crippen LogP contribution in [-0.4, -0.2) is 6.09 Å². The van der Waals surface area contributed by atoms with E-state index in [1.807, 2.05) is 32.9 Å². The van der Waals surface area contributed by atoms with Crippen LogP contribution in [0.25, 0.3) is 0 Å². The Hall–Kier alpha value is -1.52. The summed E-state index contributed by atoms with van der Waals surface area (Å²) in [5, 5.41) is 3.34. The number of rotatable bonds is 2. The molecular weight excluding hydrogens is 354 g/mol. The van der Waals surface area contributed by atoms with Crippen molar-refractivity contribution in [3.63, 3.8) is 0 Å². The Bertz CT molecular complexity index is 678. The molecule has 5 heteroatoms. The summed E-state index contributed by atoms with van der Waals surface area (Å²) in [5.41, 5.74) is 3.58. The van der Waals surface area contributed by atoms with Gasteiger partial charge in [-0.25, -0.2) is 4.79 Å². The van der Waals surface area contributed by atoms with Gasteiger partial charge in [-0.1, -0.05) is 27.5 Å². The molecule has 0 spiro atoms. The molecule has 0 unspecified atom stereocenters. The Kier molecular flexibility index (Phi) is 4.91. The number of ether oxygens (including phenoxy) is 1. The molecule has 0 saturated heterocycles. The first-order valence-electron chi connectivity index (χ1n) is 6.38. The lowest BCUT2D eigenvalue weighted by atomic mass is 10.1. The van der Waals surface area contributed by atoms with Gasteiger partial charge < -0.3 is 4.74 Å². The second kappa shape index (κ2) is 6.50. The largest absolute Gasteiger partial charge is 0.417 e. The maximum absolute atomic E-state index is 11.9. The minimum Gasteiger partial charge on any atom is -0.410 e. The van der Waals surface area contributed by atoms with Crippen molar-refractivity contribution in [2.24, 2.45) is 0 Å². The summed E-state index contributed by atoms with van der Waals surface area (Å²) >= 11 is 9.37. The smallest absolute Gasteiger partial charge is 0.410 e. The molecule has 2 aromatic rings. The maximum Gasteiger partial charge on any atom is 0.417 e. The van der Waals surface area contributed by atoms with Crippen LogP contribution in [0.1, 0.15) is 16.7 Å². The normalized spacial score (nSPS) is 10.3. The van der Waals surface area contributed by atoms with Crippen LogP contribution in [0.15, 0.2) is 34.8 Å². The lowest BCUT2D eigenvalue weighted by Crippen LogP contribution is -2.17. The summed E-state index contributed by atoms with van der Waals surface area (Å²) in [7, 11) is 0. The zero-order chi connectivity index (χ0) is 15.6. The predicted molar refractivity (Wildman–Crippen MR) is 89.5 cm³/mol. The molecule has 1 amide bonds. The third-order valence-electron chi connectivity index (χ3n) is 3.05. The molecule has 0 aliphatic heterocycles. The zero-order valence-electron chi connectivity index (χ0n) is 12.0. The molecule has 0 fully saturated rings. The van der Waals surface area contributed by atoms with E-state index in [4.69, 9.17) is 16.3 Å². The number of halogens is 2. The van der Waals surface area contributed by atoms with Crippen LogP contribution < -0.4 is 10.1 Å². The molecule has 3 nitrogen and oxygen atoms in total. The highest BCUT2D eigenvalue weighted by Crippen LogP contribution is 2.27. The molecule has 2 rings (SSSR count). The maximum atomic E-state index is 11.9. The summed E-state index contributed by atoms with van der Waals surface area (Å²) in [6, 6.07) is 8.87. The second-order valence-electron chi connectivity index (χ2n) is 4.84. The summed E-state index contributed by atoms with van der Waals surface area (Å²) in [6.45, 7) is 5.77. The van der Waals surface area contributed by atoms with Crippen molar-refractivity contribution in [2.75, 3.05) is 5.32 Å². The van der Waals surface area contributed by atoms with Crippen molar-refractivity contribution < 1.29 is 9.53 Å². The standard InChI is InChI=1S/C16H15BrClNO2/c1-9-6-12(18)4-5-14(9)19-16(20)21-13-7-10(2)15(17)11(3)8-13/h4-8H,1-3H3,(H,19,20). The van der Waals surface area contributed by atoms with E-state index in [9.17, 15) is 4.79 Å². The quantitative estimate of drug-likeness (QED) is 0.745. The summed E-state index contributed by atoms with van der Waals surface area (Å²) < 4.78 is 6.33. The number of hydrogen-bond acceptors (Lipinski definition) is 2. The monoisotopic (exact) mass is 367 g/mol. The third kappa shape index (κ3) is 3.99. The van der Waals surface area contributed by atoms with Crippen LogP contribution in [0, 0.1) is 20.8 Å². The molecule has 110 valence electrons. The molecule has 0 atom stereocenters. The van der Waals surface area contributed by atoms with E-state index in [1.165, 1.54) is 0 Å². The molecule has 0 bridgehead atoms. The van der Waals surface area contributed by atoms with Gasteiger partial charge in [-0.2, -0.15) is 0 Å². The van der Waals surface area contributed by atoms with Crippen molar-refractivity contribution in [3.8, 4) is 5.75 Å². The molecule has 1 N–H and O–H groups in total. The topological polar surface area (TPSA) is 38.3 Å². The van der Waals surface area contributed by atoms with Gasteiger partial charge in [0.15, 0.2) is 0 Å². The Morgan fingerprint density at radius 2 is 1.71 bits per heavy atom. The Morgan fingerprint density at radius 1 is 1.10 bits per heavy atom. The first kappa shape index (κ1) is 15.9. The average Bonchev–Trinajstić information content (AvgIpc) is 2.39. The number of amides is 1. The van der Waals surface area contributed by atoms with E-state index in [0.29, 0.717) is 16.5 Å². The van der Waals surface area contributed by atoms with Crippen molar-refractivity contribution in [2.45, 2.75) is 20.8 Å². The Labute approximate surface area is 137 Å². The number of hydrogen-bond donors (Lipinski definition) is 1. The average molecular weight is 369 g/mol. The fraction of sp³-hybridized carbons (Fsp3) is 0.188. The van der Waals surface area contributed by atoms with Gasteiger partial charge in [-0.3, -0.25) is 5.32 Å². The summed E-state index contributed by atoms with van der Waals surface area (Å²) in [5.74, 6) is 0.511. The van der Waals surface area contributed by atoms with Gasteiger partial charge in [-0.05, 0) is 67.8 Å². The van der Waals surface area contributed by atoms with E-state index in [2.05, 4.69) is 21.2 Å². The van der Waals surface area contributed by atoms with Gasteiger partial charge in [0, 0.05) is 15.2 Å². The van der Waals surface area contributed by atoms with E-state index in [0.717, 1.165) is 21.2 Å². The van der Waals surface area contributed by atoms with Crippen LogP contribution in [0.5, 0.6) is 5.75 Å². The fourth-order valence-corrected chi connectivity index (χ4v) is 2.43. The van der Waals surface area contributed by atoms with Gasteiger partial charge in [0.05, 0.1) is 0 Å². The molecule has 0 saturated carbocycles. The lowest BCUT2D eigenvalue weighted by molar-refractivity contribution is 0.215. The predicted octanol–water partition coefficient (Wildman–Crippen LogP) is 5.64. The van der Waals surface area contributed by atoms with Crippen LogP contribution >= 0.6 is 27.5 Å². The second-order valence-corrected chi connectivity index (χ2v) is 6.07. The van der Waals surface area contributed by atoms with Crippen LogP contribution in [0.3, 0.4) is 0 Å². The molecule has 2 aromatic carbocycles. The van der Waals surface area contributed by atoms with Gasteiger partial charge in [-0.15, -0.1) is 0 Å². The van der Waals surface area contributed by atoms with Crippen LogP contribution in [0.4, 0.5) is 10.5 Å². The first-order chi connectivity index (χ1) is 9.86.